The highest BCUT2D eigenvalue weighted by Gasteiger charge is 2.20. The van der Waals surface area contributed by atoms with Crippen molar-refractivity contribution >= 4 is 29.7 Å². The summed E-state index contributed by atoms with van der Waals surface area (Å²) in [5, 5.41) is 8.59. The summed E-state index contributed by atoms with van der Waals surface area (Å²) in [6, 6.07) is 3.93. The SMILES string of the molecule is CSCC(C)N(C)C(=O)c1cc(/C=C/C(=O)O)ccc1F. The number of amides is 1. The van der Waals surface area contributed by atoms with Gasteiger partial charge in [-0.05, 0) is 37.0 Å². The Bertz CT molecular complexity index is 560. The quantitative estimate of drug-likeness (QED) is 0.821. The number of hydrogen-bond acceptors (Lipinski definition) is 3. The van der Waals surface area contributed by atoms with Crippen molar-refractivity contribution in [3.05, 3.63) is 41.2 Å². The van der Waals surface area contributed by atoms with Gasteiger partial charge in [0.15, 0.2) is 0 Å². The second-order valence-corrected chi connectivity index (χ2v) is 5.54. The number of nitrogens with zero attached hydrogens (tertiary/aromatic N) is 1. The summed E-state index contributed by atoms with van der Waals surface area (Å²) in [6.45, 7) is 1.89. The highest BCUT2D eigenvalue weighted by atomic mass is 32.2. The summed E-state index contributed by atoms with van der Waals surface area (Å²) in [6.07, 6.45) is 4.21. The lowest BCUT2D eigenvalue weighted by molar-refractivity contribution is -0.131. The van der Waals surface area contributed by atoms with Crippen LogP contribution in [-0.4, -0.2) is 47.0 Å². The lowest BCUT2D eigenvalue weighted by Crippen LogP contribution is -2.37. The number of aliphatic carboxylic acids is 1. The molecular formula is C15H18FNO3S. The number of rotatable bonds is 6. The molecule has 21 heavy (non-hydrogen) atoms. The van der Waals surface area contributed by atoms with Crippen LogP contribution in [0.15, 0.2) is 24.3 Å². The molecule has 0 fully saturated rings. The van der Waals surface area contributed by atoms with Crippen LogP contribution in [0.2, 0.25) is 0 Å². The van der Waals surface area contributed by atoms with Gasteiger partial charge in [0.05, 0.1) is 5.56 Å². The Labute approximate surface area is 127 Å². The van der Waals surface area contributed by atoms with Gasteiger partial charge in [0.2, 0.25) is 0 Å². The van der Waals surface area contributed by atoms with Gasteiger partial charge in [-0.1, -0.05) is 6.07 Å². The van der Waals surface area contributed by atoms with E-state index < -0.39 is 17.7 Å². The normalized spacial score (nSPS) is 12.4. The summed E-state index contributed by atoms with van der Waals surface area (Å²) in [4.78, 5) is 24.3. The Morgan fingerprint density at radius 3 is 2.71 bits per heavy atom. The molecule has 114 valence electrons. The van der Waals surface area contributed by atoms with Crippen molar-refractivity contribution in [1.29, 1.82) is 0 Å². The van der Waals surface area contributed by atoms with Crippen LogP contribution < -0.4 is 0 Å². The van der Waals surface area contributed by atoms with Crippen LogP contribution in [0.5, 0.6) is 0 Å². The van der Waals surface area contributed by atoms with E-state index in [1.807, 2.05) is 13.2 Å². The molecule has 0 aliphatic rings. The molecule has 0 aliphatic heterocycles. The predicted octanol–water partition coefficient (Wildman–Crippen LogP) is 2.75. The number of benzene rings is 1. The molecule has 6 heteroatoms. The second kappa shape index (κ2) is 7.83. The van der Waals surface area contributed by atoms with E-state index in [1.54, 1.807) is 18.8 Å². The highest BCUT2D eigenvalue weighted by molar-refractivity contribution is 7.98. The van der Waals surface area contributed by atoms with Crippen molar-refractivity contribution in [3.63, 3.8) is 0 Å². The first-order valence-corrected chi connectivity index (χ1v) is 7.72. The first-order chi connectivity index (χ1) is 9.86. The molecule has 0 saturated heterocycles. The summed E-state index contributed by atoms with van der Waals surface area (Å²) in [5.41, 5.74) is 0.408. The van der Waals surface area contributed by atoms with Gasteiger partial charge in [-0.2, -0.15) is 11.8 Å². The van der Waals surface area contributed by atoms with E-state index in [-0.39, 0.29) is 11.6 Å². The molecule has 1 amide bonds. The molecule has 0 saturated carbocycles. The van der Waals surface area contributed by atoms with E-state index in [1.165, 1.54) is 29.2 Å². The third-order valence-electron chi connectivity index (χ3n) is 3.03. The minimum atomic E-state index is -1.10. The largest absolute Gasteiger partial charge is 0.478 e. The monoisotopic (exact) mass is 311 g/mol. The summed E-state index contributed by atoms with van der Waals surface area (Å²) >= 11 is 1.61. The van der Waals surface area contributed by atoms with Gasteiger partial charge >= 0.3 is 5.97 Å². The third-order valence-corrected chi connectivity index (χ3v) is 3.84. The molecule has 1 N–H and O–H groups in total. The van der Waals surface area contributed by atoms with E-state index in [4.69, 9.17) is 5.11 Å². The minimum Gasteiger partial charge on any atom is -0.478 e. The Morgan fingerprint density at radius 2 is 2.14 bits per heavy atom. The van der Waals surface area contributed by atoms with E-state index in [0.29, 0.717) is 5.56 Å². The molecule has 1 aromatic carbocycles. The van der Waals surface area contributed by atoms with E-state index in [9.17, 15) is 14.0 Å². The topological polar surface area (TPSA) is 57.6 Å². The molecule has 1 rings (SSSR count). The van der Waals surface area contributed by atoms with Gasteiger partial charge in [0.25, 0.3) is 5.91 Å². The number of hydrogen-bond donors (Lipinski definition) is 1. The molecule has 1 atom stereocenters. The molecular weight excluding hydrogens is 293 g/mol. The Balaban J connectivity index is 3.03. The molecule has 1 unspecified atom stereocenters. The Kier molecular flexibility index (Phi) is 6.42. The van der Waals surface area contributed by atoms with E-state index in [0.717, 1.165) is 11.8 Å². The molecule has 1 aromatic rings. The smallest absolute Gasteiger partial charge is 0.328 e. The second-order valence-electron chi connectivity index (χ2n) is 4.63. The summed E-state index contributed by atoms with van der Waals surface area (Å²) in [7, 11) is 1.63. The standard InChI is InChI=1S/C15H18FNO3S/c1-10(9-21-3)17(2)15(20)12-8-11(4-6-13(12)16)5-7-14(18)19/h4-8,10H,9H2,1-3H3,(H,18,19)/b7-5+. The Morgan fingerprint density at radius 1 is 1.48 bits per heavy atom. The number of carbonyl (C=O) groups excluding carboxylic acids is 1. The lowest BCUT2D eigenvalue weighted by atomic mass is 10.1. The van der Waals surface area contributed by atoms with Crippen LogP contribution >= 0.6 is 11.8 Å². The van der Waals surface area contributed by atoms with Crippen LogP contribution in [0.25, 0.3) is 6.08 Å². The number of thioether (sulfide) groups is 1. The molecule has 0 spiro atoms. The summed E-state index contributed by atoms with van der Waals surface area (Å²) < 4.78 is 13.8. The first kappa shape index (κ1) is 17.2. The zero-order valence-electron chi connectivity index (χ0n) is 12.2. The number of carbonyl (C=O) groups is 2. The van der Waals surface area contributed by atoms with Gasteiger partial charge in [-0.25, -0.2) is 9.18 Å². The zero-order chi connectivity index (χ0) is 16.0. The first-order valence-electron chi connectivity index (χ1n) is 6.33. The fraction of sp³-hybridized carbons (Fsp3) is 0.333. The van der Waals surface area contributed by atoms with Crippen molar-refractivity contribution < 1.29 is 19.1 Å². The number of carboxylic acids is 1. The van der Waals surface area contributed by atoms with E-state index >= 15 is 0 Å². The third kappa shape index (κ3) is 4.90. The van der Waals surface area contributed by atoms with E-state index in [2.05, 4.69) is 0 Å². The highest BCUT2D eigenvalue weighted by Crippen LogP contribution is 2.16. The average molecular weight is 311 g/mol. The number of carboxylic acid groups (broad SMARTS) is 1. The maximum Gasteiger partial charge on any atom is 0.328 e. The van der Waals surface area contributed by atoms with Gasteiger partial charge in [0.1, 0.15) is 5.82 Å². The maximum absolute atomic E-state index is 13.8. The molecule has 0 heterocycles. The van der Waals surface area contributed by atoms with Crippen molar-refractivity contribution in [3.8, 4) is 0 Å². The Hall–Kier alpha value is -1.82. The van der Waals surface area contributed by atoms with Crippen molar-refractivity contribution in [1.82, 2.24) is 4.90 Å². The van der Waals surface area contributed by atoms with Gasteiger partial charge in [-0.15, -0.1) is 0 Å². The van der Waals surface area contributed by atoms with Crippen molar-refractivity contribution in [2.45, 2.75) is 13.0 Å². The average Bonchev–Trinajstić information content (AvgIpc) is 2.45. The van der Waals surface area contributed by atoms with Gasteiger partial charge in [-0.3, -0.25) is 4.79 Å². The fourth-order valence-electron chi connectivity index (χ4n) is 1.72. The zero-order valence-corrected chi connectivity index (χ0v) is 13.0. The maximum atomic E-state index is 13.8. The van der Waals surface area contributed by atoms with Crippen LogP contribution in [0.3, 0.4) is 0 Å². The summed E-state index contributed by atoms with van der Waals surface area (Å²) in [5.74, 6) is -1.38. The van der Waals surface area contributed by atoms with Crippen molar-refractivity contribution in [2.24, 2.45) is 0 Å². The van der Waals surface area contributed by atoms with Crippen LogP contribution in [-0.2, 0) is 4.79 Å². The molecule has 4 nitrogen and oxygen atoms in total. The molecule has 0 radical (unpaired) electrons. The van der Waals surface area contributed by atoms with Gasteiger partial charge < -0.3 is 10.0 Å². The molecule has 0 aromatic heterocycles. The minimum absolute atomic E-state index is 0.0230. The lowest BCUT2D eigenvalue weighted by Gasteiger charge is -2.24. The molecule has 0 aliphatic carbocycles. The van der Waals surface area contributed by atoms with Crippen LogP contribution in [0.1, 0.15) is 22.8 Å². The van der Waals surface area contributed by atoms with Crippen molar-refractivity contribution in [2.75, 3.05) is 19.1 Å². The van der Waals surface area contributed by atoms with Crippen LogP contribution in [0, 0.1) is 5.82 Å². The molecule has 0 bridgehead atoms. The predicted molar refractivity (Wildman–Crippen MR) is 83.0 cm³/mol. The fourth-order valence-corrected chi connectivity index (χ4v) is 2.43. The van der Waals surface area contributed by atoms with Gasteiger partial charge in [0, 0.05) is 24.9 Å². The van der Waals surface area contributed by atoms with Crippen LogP contribution in [0.4, 0.5) is 4.39 Å². The number of halogens is 1.